The minimum atomic E-state index is 0. The van der Waals surface area contributed by atoms with E-state index >= 15 is 0 Å². The average molecular weight is 485 g/mol. The summed E-state index contributed by atoms with van der Waals surface area (Å²) in [6.45, 7) is 11.4. The van der Waals surface area contributed by atoms with Crippen molar-refractivity contribution in [2.75, 3.05) is 13.7 Å². The first-order valence-electron chi connectivity index (χ1n) is 9.20. The molecule has 1 heterocycles. The van der Waals surface area contributed by atoms with E-state index in [9.17, 15) is 0 Å². The average Bonchev–Trinajstić information content (AvgIpc) is 3.03. The quantitative estimate of drug-likeness (QED) is 0.340. The Morgan fingerprint density at radius 3 is 2.67 bits per heavy atom. The van der Waals surface area contributed by atoms with E-state index in [1.54, 1.807) is 7.05 Å². The molecule has 0 atom stereocenters. The van der Waals surface area contributed by atoms with E-state index in [1.165, 1.54) is 5.56 Å². The molecule has 0 radical (unpaired) electrons. The first kappa shape index (κ1) is 23.3. The summed E-state index contributed by atoms with van der Waals surface area (Å²) in [4.78, 5) is 8.74. The molecule has 0 amide bonds. The zero-order valence-corrected chi connectivity index (χ0v) is 19.3. The molecule has 2 rings (SSSR count). The third-order valence-electron chi connectivity index (χ3n) is 3.97. The molecule has 6 nitrogen and oxygen atoms in total. The number of hydrogen-bond donors (Lipinski definition) is 2. The Morgan fingerprint density at radius 1 is 1.26 bits per heavy atom. The highest BCUT2D eigenvalue weighted by atomic mass is 127. The molecule has 7 heteroatoms. The van der Waals surface area contributed by atoms with Crippen molar-refractivity contribution in [2.24, 2.45) is 10.9 Å². The Morgan fingerprint density at radius 2 is 2.00 bits per heavy atom. The molecule has 27 heavy (non-hydrogen) atoms. The van der Waals surface area contributed by atoms with Gasteiger partial charge in [0.1, 0.15) is 11.6 Å². The summed E-state index contributed by atoms with van der Waals surface area (Å²) in [5, 5.41) is 6.68. The van der Waals surface area contributed by atoms with E-state index < -0.39 is 0 Å². The monoisotopic (exact) mass is 485 g/mol. The highest BCUT2D eigenvalue weighted by Gasteiger charge is 2.08. The van der Waals surface area contributed by atoms with Crippen LogP contribution in [0.2, 0.25) is 0 Å². The molecular weight excluding hydrogens is 453 g/mol. The summed E-state index contributed by atoms with van der Waals surface area (Å²) in [7, 11) is 1.77. The van der Waals surface area contributed by atoms with Gasteiger partial charge in [0.2, 0.25) is 0 Å². The zero-order chi connectivity index (χ0) is 18.9. The van der Waals surface area contributed by atoms with E-state index in [0.717, 1.165) is 29.6 Å². The lowest BCUT2D eigenvalue weighted by Gasteiger charge is -2.16. The largest absolute Gasteiger partial charge is 0.494 e. The van der Waals surface area contributed by atoms with Crippen LogP contribution in [-0.4, -0.2) is 29.2 Å². The number of halogens is 1. The standard InChI is InChI=1S/C20H31N5O.HI/c1-6-26-18-11-16(4)7-8-17(18)12-23-20(21-5)24-13-19-22-9-10-25(19)14-15(2)3;/h7-11,15H,6,12-14H2,1-5H3,(H2,21,23,24);1H. The fraction of sp³-hybridized carbons (Fsp3) is 0.500. The third-order valence-corrected chi connectivity index (χ3v) is 3.97. The summed E-state index contributed by atoms with van der Waals surface area (Å²) < 4.78 is 7.92. The van der Waals surface area contributed by atoms with Gasteiger partial charge in [-0.15, -0.1) is 24.0 Å². The molecule has 2 N–H and O–H groups in total. The van der Waals surface area contributed by atoms with Gasteiger partial charge >= 0.3 is 0 Å². The lowest BCUT2D eigenvalue weighted by Crippen LogP contribution is -2.37. The lowest BCUT2D eigenvalue weighted by molar-refractivity contribution is 0.336. The van der Waals surface area contributed by atoms with E-state index in [-0.39, 0.29) is 24.0 Å². The Balaban J connectivity index is 0.00000364. The van der Waals surface area contributed by atoms with Crippen molar-refractivity contribution in [3.05, 3.63) is 47.5 Å². The van der Waals surface area contributed by atoms with Crippen LogP contribution < -0.4 is 15.4 Å². The van der Waals surface area contributed by atoms with Gasteiger partial charge in [-0.3, -0.25) is 4.99 Å². The summed E-state index contributed by atoms with van der Waals surface area (Å²) in [5.74, 6) is 3.25. The third kappa shape index (κ3) is 7.40. The topological polar surface area (TPSA) is 63.5 Å². The van der Waals surface area contributed by atoms with Gasteiger partial charge in [0.25, 0.3) is 0 Å². The van der Waals surface area contributed by atoms with E-state index in [0.29, 0.717) is 25.6 Å². The number of rotatable bonds is 8. The maximum absolute atomic E-state index is 5.74. The molecule has 0 bridgehead atoms. The van der Waals surface area contributed by atoms with Crippen molar-refractivity contribution in [3.8, 4) is 5.75 Å². The predicted molar refractivity (Wildman–Crippen MR) is 122 cm³/mol. The Bertz CT molecular complexity index is 727. The summed E-state index contributed by atoms with van der Waals surface area (Å²) in [6, 6.07) is 6.26. The van der Waals surface area contributed by atoms with Gasteiger partial charge in [-0.25, -0.2) is 4.98 Å². The Labute approximate surface area is 179 Å². The van der Waals surface area contributed by atoms with Crippen LogP contribution in [-0.2, 0) is 19.6 Å². The van der Waals surface area contributed by atoms with Gasteiger partial charge in [-0.2, -0.15) is 0 Å². The maximum Gasteiger partial charge on any atom is 0.191 e. The second-order valence-electron chi connectivity index (χ2n) is 6.71. The fourth-order valence-corrected chi connectivity index (χ4v) is 2.73. The Hall–Kier alpha value is -1.77. The zero-order valence-electron chi connectivity index (χ0n) is 17.0. The number of benzene rings is 1. The van der Waals surface area contributed by atoms with Gasteiger partial charge < -0.3 is 19.9 Å². The number of nitrogens with zero attached hydrogens (tertiary/aromatic N) is 3. The molecule has 2 aromatic rings. The molecule has 0 saturated heterocycles. The van der Waals surface area contributed by atoms with Crippen molar-refractivity contribution in [1.29, 1.82) is 0 Å². The fourth-order valence-electron chi connectivity index (χ4n) is 2.73. The molecule has 0 saturated carbocycles. The van der Waals surface area contributed by atoms with Crippen LogP contribution in [0.25, 0.3) is 0 Å². The van der Waals surface area contributed by atoms with Gasteiger partial charge in [-0.1, -0.05) is 26.0 Å². The summed E-state index contributed by atoms with van der Waals surface area (Å²) in [5.41, 5.74) is 2.30. The molecule has 0 aliphatic rings. The van der Waals surface area contributed by atoms with Crippen LogP contribution in [0.4, 0.5) is 0 Å². The van der Waals surface area contributed by atoms with Gasteiger partial charge in [-0.05, 0) is 31.4 Å². The number of ether oxygens (including phenoxy) is 1. The lowest BCUT2D eigenvalue weighted by atomic mass is 10.1. The van der Waals surface area contributed by atoms with Crippen LogP contribution in [0.15, 0.2) is 35.6 Å². The number of hydrogen-bond acceptors (Lipinski definition) is 3. The van der Waals surface area contributed by atoms with Crippen molar-refractivity contribution in [2.45, 2.75) is 47.3 Å². The molecule has 1 aromatic carbocycles. The van der Waals surface area contributed by atoms with E-state index in [2.05, 4.69) is 64.1 Å². The van der Waals surface area contributed by atoms with Crippen LogP contribution in [0.3, 0.4) is 0 Å². The van der Waals surface area contributed by atoms with Gasteiger partial charge in [0.15, 0.2) is 5.96 Å². The first-order valence-corrected chi connectivity index (χ1v) is 9.20. The predicted octanol–water partition coefficient (Wildman–Crippen LogP) is 3.73. The van der Waals surface area contributed by atoms with Crippen LogP contribution in [0.5, 0.6) is 5.75 Å². The molecule has 150 valence electrons. The SMILES string of the molecule is CCOc1cc(C)ccc1CNC(=NC)NCc1nccn1CC(C)C.I. The molecule has 0 spiro atoms. The number of aliphatic imine (C=N–C) groups is 1. The maximum atomic E-state index is 5.74. The van der Waals surface area contributed by atoms with Crippen LogP contribution in [0.1, 0.15) is 37.7 Å². The Kier molecular flexibility index (Phi) is 10.2. The molecule has 0 fully saturated rings. The highest BCUT2D eigenvalue weighted by molar-refractivity contribution is 14.0. The molecular formula is C20H32IN5O. The molecule has 0 unspecified atom stereocenters. The minimum Gasteiger partial charge on any atom is -0.494 e. The molecule has 0 aliphatic heterocycles. The molecule has 0 aliphatic carbocycles. The minimum absolute atomic E-state index is 0. The highest BCUT2D eigenvalue weighted by Crippen LogP contribution is 2.20. The van der Waals surface area contributed by atoms with E-state index in [1.807, 2.05) is 19.3 Å². The van der Waals surface area contributed by atoms with Crippen molar-refractivity contribution in [3.63, 3.8) is 0 Å². The first-order chi connectivity index (χ1) is 12.5. The van der Waals surface area contributed by atoms with Crippen LogP contribution >= 0.6 is 24.0 Å². The number of imidazole rings is 1. The summed E-state index contributed by atoms with van der Waals surface area (Å²) >= 11 is 0. The number of aromatic nitrogens is 2. The van der Waals surface area contributed by atoms with Gasteiger partial charge in [0.05, 0.1) is 13.2 Å². The van der Waals surface area contributed by atoms with Crippen LogP contribution in [0, 0.1) is 12.8 Å². The van der Waals surface area contributed by atoms with Gasteiger partial charge in [0, 0.05) is 38.1 Å². The second-order valence-corrected chi connectivity index (χ2v) is 6.71. The van der Waals surface area contributed by atoms with Crippen molar-refractivity contribution >= 4 is 29.9 Å². The second kappa shape index (κ2) is 11.8. The van der Waals surface area contributed by atoms with E-state index in [4.69, 9.17) is 4.74 Å². The molecule has 1 aromatic heterocycles. The number of aryl methyl sites for hydroxylation is 1. The van der Waals surface area contributed by atoms with Crippen molar-refractivity contribution in [1.82, 2.24) is 20.2 Å². The smallest absolute Gasteiger partial charge is 0.191 e. The van der Waals surface area contributed by atoms with Crippen molar-refractivity contribution < 1.29 is 4.74 Å². The number of guanidine groups is 1. The summed E-state index contributed by atoms with van der Waals surface area (Å²) in [6.07, 6.45) is 3.87. The normalized spacial score (nSPS) is 11.3. The number of nitrogens with one attached hydrogen (secondary N) is 2.